The van der Waals surface area contributed by atoms with E-state index >= 15 is 0 Å². The lowest BCUT2D eigenvalue weighted by atomic mass is 9.95. The number of carbonyl (C=O) groups is 2. The van der Waals surface area contributed by atoms with E-state index in [1.165, 1.54) is 19.3 Å². The number of piperidine rings is 1. The number of ether oxygens (including phenoxy) is 1. The molecule has 1 aliphatic carbocycles. The first-order valence-electron chi connectivity index (χ1n) is 15.0. The highest BCUT2D eigenvalue weighted by molar-refractivity contribution is 9.10. The fourth-order valence-electron chi connectivity index (χ4n) is 5.87. The van der Waals surface area contributed by atoms with Gasteiger partial charge in [0.1, 0.15) is 6.07 Å². The summed E-state index contributed by atoms with van der Waals surface area (Å²) >= 11 is 3.53. The largest absolute Gasteiger partial charge is 0.490 e. The molecule has 3 aliphatic rings. The fraction of sp³-hybridized carbons (Fsp3) is 0.567. The van der Waals surface area contributed by atoms with Crippen molar-refractivity contribution in [3.63, 3.8) is 0 Å². The molecule has 0 bridgehead atoms. The molecule has 0 spiro atoms. The number of nitrogens with zero attached hydrogens (tertiary/aromatic N) is 6. The van der Waals surface area contributed by atoms with E-state index in [0.717, 1.165) is 77.2 Å². The average Bonchev–Trinajstić information content (AvgIpc) is 3.05. The molecule has 1 saturated carbocycles. The summed E-state index contributed by atoms with van der Waals surface area (Å²) in [6, 6.07) is 10.7. The van der Waals surface area contributed by atoms with E-state index in [-0.39, 0.29) is 17.8 Å². The summed E-state index contributed by atoms with van der Waals surface area (Å²) in [6.07, 6.45) is 4.15. The Morgan fingerprint density at radius 1 is 1.11 bits per heavy atom. The minimum absolute atomic E-state index is 0.0812. The lowest BCUT2D eigenvalue weighted by molar-refractivity contribution is -0.192. The lowest BCUT2D eigenvalue weighted by Crippen LogP contribution is -2.50. The van der Waals surface area contributed by atoms with Gasteiger partial charge in [0, 0.05) is 37.4 Å². The van der Waals surface area contributed by atoms with Gasteiger partial charge < -0.3 is 9.84 Å². The zero-order chi connectivity index (χ0) is 32.4. The van der Waals surface area contributed by atoms with Gasteiger partial charge in [-0.3, -0.25) is 25.0 Å². The Labute approximate surface area is 268 Å². The molecule has 5 rings (SSSR count). The number of hydrogen-bond donors (Lipinski definition) is 2. The minimum atomic E-state index is -5.08. The highest BCUT2D eigenvalue weighted by Gasteiger charge is 2.38. The second-order valence-corrected chi connectivity index (χ2v) is 12.1. The number of halogens is 4. The van der Waals surface area contributed by atoms with E-state index in [9.17, 15) is 23.2 Å². The maximum Gasteiger partial charge on any atom is 0.490 e. The van der Waals surface area contributed by atoms with E-state index in [4.69, 9.17) is 14.6 Å². The molecule has 2 N–H and O–H groups in total. The summed E-state index contributed by atoms with van der Waals surface area (Å²) in [5, 5.41) is 18.3. The molecule has 1 amide bonds. The molecule has 0 unspecified atom stereocenters. The van der Waals surface area contributed by atoms with Crippen LogP contribution < -0.4 is 10.4 Å². The first kappa shape index (κ1) is 34.6. The highest BCUT2D eigenvalue weighted by Crippen LogP contribution is 2.30. The Hall–Kier alpha value is -3.32. The number of carbonyl (C=O) groups excluding carboxylic acids is 1. The van der Waals surface area contributed by atoms with Crippen LogP contribution in [0, 0.1) is 11.3 Å². The SMILES string of the molecule is N#Cc1ncc(Br)c(N(NC(=O)c2cccc(CN3CCC(N4CCOCC4)CC3)c2)C2CCCCC2)n1.O=C(O)C(F)(F)F. The van der Waals surface area contributed by atoms with E-state index < -0.39 is 12.1 Å². The Morgan fingerprint density at radius 3 is 2.40 bits per heavy atom. The summed E-state index contributed by atoms with van der Waals surface area (Å²) in [4.78, 5) is 35.9. The predicted molar refractivity (Wildman–Crippen MR) is 162 cm³/mol. The smallest absolute Gasteiger partial charge is 0.475 e. The van der Waals surface area contributed by atoms with Crippen LogP contribution in [0.2, 0.25) is 0 Å². The quantitative estimate of drug-likeness (QED) is 0.398. The lowest BCUT2D eigenvalue weighted by Gasteiger charge is -2.40. The number of rotatable bonds is 7. The molecule has 2 aromatic rings. The van der Waals surface area contributed by atoms with Crippen LogP contribution in [-0.4, -0.2) is 94.4 Å². The Kier molecular flexibility index (Phi) is 12.5. The third-order valence-corrected chi connectivity index (χ3v) is 8.73. The summed E-state index contributed by atoms with van der Waals surface area (Å²) in [5.41, 5.74) is 4.88. The number of aliphatic carboxylic acids is 1. The van der Waals surface area contributed by atoms with Crippen LogP contribution in [0.5, 0.6) is 0 Å². The van der Waals surface area contributed by atoms with Crippen molar-refractivity contribution < 1.29 is 32.6 Å². The molecular formula is C30H37BrF3N7O4. The molecule has 2 saturated heterocycles. The Balaban J connectivity index is 0.000000591. The molecule has 11 nitrogen and oxygen atoms in total. The number of hydrogen-bond acceptors (Lipinski definition) is 9. The van der Waals surface area contributed by atoms with Crippen molar-refractivity contribution in [3.8, 4) is 6.07 Å². The molecule has 1 aromatic heterocycles. The van der Waals surface area contributed by atoms with Gasteiger partial charge in [-0.1, -0.05) is 31.4 Å². The number of likely N-dealkylation sites (tertiary alicyclic amines) is 1. The second kappa shape index (κ2) is 16.3. The molecule has 3 heterocycles. The fourth-order valence-corrected chi connectivity index (χ4v) is 6.25. The maximum atomic E-state index is 13.5. The molecular weight excluding hydrogens is 659 g/mol. The van der Waals surface area contributed by atoms with Crippen molar-refractivity contribution in [2.75, 3.05) is 44.4 Å². The van der Waals surface area contributed by atoms with Crippen molar-refractivity contribution in [2.45, 2.75) is 69.8 Å². The maximum absolute atomic E-state index is 13.5. The van der Waals surface area contributed by atoms with Crippen molar-refractivity contribution in [2.24, 2.45) is 0 Å². The number of amides is 1. The molecule has 0 radical (unpaired) electrons. The number of nitrogens with one attached hydrogen (secondary N) is 1. The van der Waals surface area contributed by atoms with E-state index in [2.05, 4.69) is 47.2 Å². The monoisotopic (exact) mass is 695 g/mol. The first-order valence-corrected chi connectivity index (χ1v) is 15.8. The Morgan fingerprint density at radius 2 is 1.78 bits per heavy atom. The molecule has 2 aliphatic heterocycles. The van der Waals surface area contributed by atoms with Gasteiger partial charge >= 0.3 is 12.1 Å². The van der Waals surface area contributed by atoms with E-state index in [1.54, 1.807) is 6.20 Å². The minimum Gasteiger partial charge on any atom is -0.475 e. The number of carboxylic acids is 1. The van der Waals surface area contributed by atoms with E-state index in [1.807, 2.05) is 29.3 Å². The number of alkyl halides is 3. The number of nitriles is 1. The number of benzene rings is 1. The third kappa shape index (κ3) is 10.1. The standard InChI is InChI=1S/C28H36BrN7O2.C2HF3O2/c29-25-19-31-26(18-30)32-27(25)36(24-7-2-1-3-8-24)33-28(37)22-6-4-5-21(17-22)20-34-11-9-23(10-12-34)35-13-15-38-16-14-35;3-2(4,5)1(6)7/h4-6,17,19,23-24H,1-3,7-16,20H2,(H,33,37);(H,6,7). The Bertz CT molecular complexity index is 1340. The van der Waals surface area contributed by atoms with Gasteiger partial charge in [-0.05, 0) is 72.4 Å². The normalized spacial score (nSPS) is 18.7. The van der Waals surface area contributed by atoms with Gasteiger partial charge in [-0.25, -0.2) is 9.78 Å². The summed E-state index contributed by atoms with van der Waals surface area (Å²) in [7, 11) is 0. The molecule has 0 atom stereocenters. The van der Waals surface area contributed by atoms with Crippen molar-refractivity contribution in [1.82, 2.24) is 25.2 Å². The van der Waals surface area contributed by atoms with Crippen molar-refractivity contribution in [3.05, 3.63) is 51.9 Å². The van der Waals surface area contributed by atoms with Gasteiger partial charge in [0.05, 0.1) is 23.7 Å². The van der Waals surface area contributed by atoms with Crippen molar-refractivity contribution in [1.29, 1.82) is 5.26 Å². The number of aromatic nitrogens is 2. The molecule has 15 heteroatoms. The van der Waals surface area contributed by atoms with Gasteiger partial charge in [0.25, 0.3) is 5.91 Å². The van der Waals surface area contributed by atoms with Crippen molar-refractivity contribution >= 4 is 33.6 Å². The molecule has 244 valence electrons. The van der Waals surface area contributed by atoms with Gasteiger partial charge in [-0.15, -0.1) is 0 Å². The summed E-state index contributed by atoms with van der Waals surface area (Å²) in [5.74, 6) is -2.33. The van der Waals surface area contributed by atoms with Crippen LogP contribution in [0.4, 0.5) is 19.0 Å². The summed E-state index contributed by atoms with van der Waals surface area (Å²) < 4.78 is 37.9. The summed E-state index contributed by atoms with van der Waals surface area (Å²) in [6.45, 7) is 6.76. The molecule has 45 heavy (non-hydrogen) atoms. The van der Waals surface area contributed by atoms with Crippen LogP contribution in [-0.2, 0) is 16.1 Å². The van der Waals surface area contributed by atoms with Crippen LogP contribution >= 0.6 is 15.9 Å². The predicted octanol–water partition coefficient (Wildman–Crippen LogP) is 4.52. The third-order valence-electron chi connectivity index (χ3n) is 8.17. The number of anilines is 1. The molecule has 1 aromatic carbocycles. The van der Waals surface area contributed by atoms with Crippen LogP contribution in [0.1, 0.15) is 66.7 Å². The topological polar surface area (TPSA) is 135 Å². The van der Waals surface area contributed by atoms with Crippen LogP contribution in [0.25, 0.3) is 0 Å². The number of carboxylic acid groups (broad SMARTS) is 1. The zero-order valence-electron chi connectivity index (χ0n) is 24.8. The molecule has 3 fully saturated rings. The van der Waals surface area contributed by atoms with Gasteiger partial charge in [0.15, 0.2) is 5.82 Å². The number of morpholine rings is 1. The average molecular weight is 697 g/mol. The van der Waals surface area contributed by atoms with E-state index in [0.29, 0.717) is 21.9 Å². The van der Waals surface area contributed by atoms with Crippen LogP contribution in [0.15, 0.2) is 34.9 Å². The highest BCUT2D eigenvalue weighted by atomic mass is 79.9. The number of hydrazine groups is 1. The second-order valence-electron chi connectivity index (χ2n) is 11.2. The van der Waals surface area contributed by atoms with Gasteiger partial charge in [-0.2, -0.15) is 23.4 Å². The van der Waals surface area contributed by atoms with Gasteiger partial charge in [0.2, 0.25) is 5.82 Å². The first-order chi connectivity index (χ1) is 21.5. The van der Waals surface area contributed by atoms with Crippen LogP contribution in [0.3, 0.4) is 0 Å². The zero-order valence-corrected chi connectivity index (χ0v) is 26.4.